The number of hydrogen-bond acceptors (Lipinski definition) is 6. The van der Waals surface area contributed by atoms with Gasteiger partial charge in [-0.15, -0.1) is 0 Å². The van der Waals surface area contributed by atoms with Gasteiger partial charge in [0.1, 0.15) is 12.6 Å². The van der Waals surface area contributed by atoms with E-state index in [0.29, 0.717) is 4.48 Å². The van der Waals surface area contributed by atoms with Crippen molar-refractivity contribution in [3.8, 4) is 0 Å². The Morgan fingerprint density at radius 2 is 1.90 bits per heavy atom. The topological polar surface area (TPSA) is 113 Å². The van der Waals surface area contributed by atoms with Crippen LogP contribution in [-0.2, 0) is 18.4 Å². The molecule has 0 aromatic carbocycles. The highest BCUT2D eigenvalue weighted by atomic mass is 31.2. The summed E-state index contributed by atoms with van der Waals surface area (Å²) in [5.41, 5.74) is 0. The monoisotopic (exact) mass is 314 g/mol. The molecule has 3 atom stereocenters. The fourth-order valence-corrected chi connectivity index (χ4v) is 2.27. The van der Waals surface area contributed by atoms with Gasteiger partial charge < -0.3 is 19.6 Å². The van der Waals surface area contributed by atoms with Crippen molar-refractivity contribution in [1.82, 2.24) is 0 Å². The maximum atomic E-state index is 11.7. The molecule has 0 heterocycles. The largest absolute Gasteiger partial charge is 0.473 e. The lowest BCUT2D eigenvalue weighted by Gasteiger charge is -2.29. The van der Waals surface area contributed by atoms with E-state index in [9.17, 15) is 14.3 Å². The van der Waals surface area contributed by atoms with E-state index in [0.717, 1.165) is 0 Å². The van der Waals surface area contributed by atoms with Crippen molar-refractivity contribution < 1.29 is 38.0 Å². The summed E-state index contributed by atoms with van der Waals surface area (Å²) < 4.78 is 21.5. The fraction of sp³-hybridized carbons (Fsp3) is 0.909. The molecule has 0 aliphatic carbocycles. The molecule has 0 saturated carbocycles. The molecular formula is C11H25NO7P+. The zero-order chi connectivity index (χ0) is 16.0. The molecule has 3 N–H and O–H groups in total. The Kier molecular flexibility index (Phi) is 8.05. The van der Waals surface area contributed by atoms with Crippen molar-refractivity contribution in [3.63, 3.8) is 0 Å². The van der Waals surface area contributed by atoms with Crippen molar-refractivity contribution in [2.75, 3.05) is 40.9 Å². The molecule has 0 bridgehead atoms. The number of rotatable bonds is 10. The highest BCUT2D eigenvalue weighted by molar-refractivity contribution is 7.47. The zero-order valence-electron chi connectivity index (χ0n) is 12.4. The highest BCUT2D eigenvalue weighted by Crippen LogP contribution is 2.45. The van der Waals surface area contributed by atoms with E-state index >= 15 is 0 Å². The number of aliphatic hydroxyl groups excluding tert-OH is 2. The number of likely N-dealkylation sites (N-methyl/N-ethyl adjacent to an activating group) is 1. The zero-order valence-corrected chi connectivity index (χ0v) is 13.2. The van der Waals surface area contributed by atoms with E-state index in [1.807, 2.05) is 21.1 Å². The summed E-state index contributed by atoms with van der Waals surface area (Å²) in [4.78, 5) is 21.3. The Morgan fingerprint density at radius 1 is 1.35 bits per heavy atom. The molecule has 0 aliphatic rings. The maximum absolute atomic E-state index is 11.7. The van der Waals surface area contributed by atoms with Crippen molar-refractivity contribution in [3.05, 3.63) is 0 Å². The average molecular weight is 314 g/mol. The standard InChI is InChI=1S/C11H24NO7P/c1-5-10(15)11(6-12(2,3)4)19-20(16,17)18-8-9(14)7-13/h9,11,13-14H,5-8H2,1-4H3/p+1/t9-,11?/m1/s1. The Hall–Kier alpha value is -0.340. The van der Waals surface area contributed by atoms with E-state index in [1.165, 1.54) is 0 Å². The van der Waals surface area contributed by atoms with Crippen LogP contribution in [0.2, 0.25) is 0 Å². The van der Waals surface area contributed by atoms with Gasteiger partial charge in [0.05, 0.1) is 34.4 Å². The predicted molar refractivity (Wildman–Crippen MR) is 71.9 cm³/mol. The number of aliphatic hydroxyl groups is 2. The van der Waals surface area contributed by atoms with Gasteiger partial charge in [-0.05, 0) is 0 Å². The van der Waals surface area contributed by atoms with Crippen molar-refractivity contribution in [2.24, 2.45) is 0 Å². The third kappa shape index (κ3) is 8.76. The van der Waals surface area contributed by atoms with Crippen LogP contribution in [0.5, 0.6) is 0 Å². The molecule has 0 fully saturated rings. The van der Waals surface area contributed by atoms with Crippen LogP contribution in [0.25, 0.3) is 0 Å². The van der Waals surface area contributed by atoms with Gasteiger partial charge in [0.2, 0.25) is 0 Å². The van der Waals surface area contributed by atoms with Crippen LogP contribution < -0.4 is 0 Å². The third-order valence-corrected chi connectivity index (χ3v) is 3.32. The van der Waals surface area contributed by atoms with Gasteiger partial charge in [-0.2, -0.15) is 0 Å². The minimum atomic E-state index is -4.47. The molecule has 0 aromatic rings. The summed E-state index contributed by atoms with van der Waals surface area (Å²) in [5, 5.41) is 17.7. The van der Waals surface area contributed by atoms with Crippen LogP contribution in [0.4, 0.5) is 0 Å². The number of Topliss-reactive ketones (excluding diaryl/α,β-unsaturated/α-hetero) is 1. The van der Waals surface area contributed by atoms with Gasteiger partial charge in [0.25, 0.3) is 0 Å². The van der Waals surface area contributed by atoms with Gasteiger partial charge in [0, 0.05) is 6.42 Å². The molecule has 0 aromatic heterocycles. The van der Waals surface area contributed by atoms with Crippen molar-refractivity contribution in [2.45, 2.75) is 25.6 Å². The van der Waals surface area contributed by atoms with E-state index in [-0.39, 0.29) is 18.7 Å². The first kappa shape index (κ1) is 19.7. The van der Waals surface area contributed by atoms with Crippen molar-refractivity contribution >= 4 is 13.6 Å². The van der Waals surface area contributed by atoms with Gasteiger partial charge in [-0.3, -0.25) is 13.8 Å². The quantitative estimate of drug-likeness (QED) is 0.369. The molecule has 20 heavy (non-hydrogen) atoms. The van der Waals surface area contributed by atoms with Crippen LogP contribution in [0.15, 0.2) is 0 Å². The molecule has 0 amide bonds. The highest BCUT2D eigenvalue weighted by Gasteiger charge is 2.34. The first-order valence-corrected chi connectivity index (χ1v) is 7.78. The minimum Gasteiger partial charge on any atom is -0.394 e. The number of hydrogen-bond donors (Lipinski definition) is 3. The molecule has 8 nitrogen and oxygen atoms in total. The van der Waals surface area contributed by atoms with Gasteiger partial charge in [0.15, 0.2) is 11.9 Å². The fourth-order valence-electron chi connectivity index (χ4n) is 1.34. The lowest BCUT2D eigenvalue weighted by Crippen LogP contribution is -2.45. The summed E-state index contributed by atoms with van der Waals surface area (Å²) >= 11 is 0. The Bertz CT molecular complexity index is 355. The normalized spacial score (nSPS) is 18.4. The Labute approximate surface area is 119 Å². The summed E-state index contributed by atoms with van der Waals surface area (Å²) in [5.74, 6) is -0.307. The van der Waals surface area contributed by atoms with Gasteiger partial charge in [-0.1, -0.05) is 6.92 Å². The Morgan fingerprint density at radius 3 is 2.30 bits per heavy atom. The molecule has 9 heteroatoms. The molecule has 2 unspecified atom stereocenters. The number of quaternary nitrogens is 1. The Balaban J connectivity index is 4.70. The lowest BCUT2D eigenvalue weighted by molar-refractivity contribution is -0.872. The van der Waals surface area contributed by atoms with Crippen molar-refractivity contribution in [1.29, 1.82) is 0 Å². The van der Waals surface area contributed by atoms with E-state index in [4.69, 9.17) is 14.7 Å². The SMILES string of the molecule is CCC(=O)C(C[N+](C)(C)C)OP(=O)(O)OC[C@H](O)CO. The molecule has 120 valence electrons. The summed E-state index contributed by atoms with van der Waals surface area (Å²) in [6.45, 7) is 0.689. The van der Waals surface area contributed by atoms with Crippen LogP contribution in [0.1, 0.15) is 13.3 Å². The molecule has 0 radical (unpaired) electrons. The molecule has 0 saturated heterocycles. The summed E-state index contributed by atoms with van der Waals surface area (Å²) in [6.07, 6.45) is -2.18. The van der Waals surface area contributed by atoms with Crippen LogP contribution in [0.3, 0.4) is 0 Å². The van der Waals surface area contributed by atoms with Crippen LogP contribution in [0, 0.1) is 0 Å². The first-order chi connectivity index (χ1) is 9.00. The average Bonchev–Trinajstić information content (AvgIpc) is 2.32. The maximum Gasteiger partial charge on any atom is 0.473 e. The summed E-state index contributed by atoms with van der Waals surface area (Å²) in [7, 11) is 0.982. The second-order valence-electron chi connectivity index (χ2n) is 5.49. The minimum absolute atomic E-state index is 0.171. The van der Waals surface area contributed by atoms with Crippen LogP contribution >= 0.6 is 7.82 Å². The van der Waals surface area contributed by atoms with Gasteiger partial charge in [-0.25, -0.2) is 4.57 Å². The lowest BCUT2D eigenvalue weighted by atomic mass is 10.2. The molecular weight excluding hydrogens is 289 g/mol. The molecule has 0 rings (SSSR count). The number of carbonyl (C=O) groups excluding carboxylic acids is 1. The number of carbonyl (C=O) groups is 1. The number of nitrogens with zero attached hydrogens (tertiary/aromatic N) is 1. The van der Waals surface area contributed by atoms with E-state index < -0.39 is 33.2 Å². The molecule has 0 aliphatic heterocycles. The number of phosphoric ester groups is 1. The number of phosphoric acid groups is 1. The van der Waals surface area contributed by atoms with Gasteiger partial charge >= 0.3 is 7.82 Å². The van der Waals surface area contributed by atoms with E-state index in [2.05, 4.69) is 4.52 Å². The molecule has 0 spiro atoms. The summed E-state index contributed by atoms with van der Waals surface area (Å²) in [6, 6.07) is 0. The third-order valence-electron chi connectivity index (χ3n) is 2.32. The van der Waals surface area contributed by atoms with E-state index in [1.54, 1.807) is 6.92 Å². The first-order valence-electron chi connectivity index (χ1n) is 6.28. The predicted octanol–water partition coefficient (Wildman–Crippen LogP) is -0.473. The smallest absolute Gasteiger partial charge is 0.394 e. The van der Waals surface area contributed by atoms with Crippen LogP contribution in [-0.4, -0.2) is 78.5 Å². The number of ketones is 1. The second-order valence-corrected chi connectivity index (χ2v) is 6.89. The second kappa shape index (κ2) is 8.19.